The number of ether oxygens (including phenoxy) is 2. The number of carbonyl (C=O) groups excluding carboxylic acids is 1. The number of carbonyl (C=O) groups is 1. The van der Waals surface area contributed by atoms with E-state index in [0.29, 0.717) is 33.7 Å². The molecule has 5 nitrogen and oxygen atoms in total. The fraction of sp³-hybridized carbons (Fsp3) is 0.278. The van der Waals surface area contributed by atoms with Crippen LogP contribution >= 0.6 is 11.6 Å². The Kier molecular flexibility index (Phi) is 5.36. The lowest BCUT2D eigenvalue weighted by atomic mass is 9.89. The third-order valence-corrected chi connectivity index (χ3v) is 4.45. The van der Waals surface area contributed by atoms with Gasteiger partial charge in [-0.2, -0.15) is 0 Å². The number of rotatable bonds is 5. The van der Waals surface area contributed by atoms with Crippen molar-refractivity contribution in [2.45, 2.75) is 20.0 Å². The van der Waals surface area contributed by atoms with E-state index < -0.39 is 6.10 Å². The minimum Gasteiger partial charge on any atom is -0.508 e. The topological polar surface area (TPSA) is 76.0 Å². The van der Waals surface area contributed by atoms with E-state index in [0.717, 1.165) is 0 Å². The summed E-state index contributed by atoms with van der Waals surface area (Å²) >= 11 is 6.10. The third-order valence-electron chi connectivity index (χ3n) is 4.05. The van der Waals surface area contributed by atoms with Crippen LogP contribution in [0.2, 0.25) is 5.02 Å². The molecule has 0 bridgehead atoms. The van der Waals surface area contributed by atoms with Crippen LogP contribution in [0.5, 0.6) is 17.2 Å². The van der Waals surface area contributed by atoms with Crippen molar-refractivity contribution in [2.75, 3.05) is 14.2 Å². The van der Waals surface area contributed by atoms with Gasteiger partial charge in [0.25, 0.3) is 0 Å². The number of halogens is 1. The lowest BCUT2D eigenvalue weighted by Gasteiger charge is -2.22. The zero-order valence-corrected chi connectivity index (χ0v) is 14.6. The second kappa shape index (κ2) is 7.11. The van der Waals surface area contributed by atoms with Crippen LogP contribution in [0.4, 0.5) is 0 Å². The molecular formula is C18H19ClO5. The number of aromatic hydroxyl groups is 1. The van der Waals surface area contributed by atoms with Gasteiger partial charge >= 0.3 is 0 Å². The van der Waals surface area contributed by atoms with Crippen molar-refractivity contribution in [1.82, 2.24) is 0 Å². The molecule has 0 saturated heterocycles. The van der Waals surface area contributed by atoms with Gasteiger partial charge in [-0.15, -0.1) is 0 Å². The molecule has 2 aromatic rings. The number of methoxy groups -OCH3 is 2. The highest BCUT2D eigenvalue weighted by molar-refractivity contribution is 6.31. The number of aliphatic hydroxyl groups is 1. The van der Waals surface area contributed by atoms with Crippen molar-refractivity contribution < 1.29 is 24.5 Å². The number of aryl methyl sites for hydroxylation is 1. The average molecular weight is 351 g/mol. The minimum absolute atomic E-state index is 0.101. The number of hydrogen-bond donors (Lipinski definition) is 2. The summed E-state index contributed by atoms with van der Waals surface area (Å²) in [6, 6.07) is 4.62. The van der Waals surface area contributed by atoms with E-state index in [4.69, 9.17) is 21.1 Å². The molecule has 1 atom stereocenters. The van der Waals surface area contributed by atoms with Crippen molar-refractivity contribution in [1.29, 1.82) is 0 Å². The lowest BCUT2D eigenvalue weighted by molar-refractivity contribution is 0.111. The molecule has 1 unspecified atom stereocenters. The van der Waals surface area contributed by atoms with Crippen molar-refractivity contribution in [3.8, 4) is 17.2 Å². The highest BCUT2D eigenvalue weighted by atomic mass is 35.5. The fourth-order valence-electron chi connectivity index (χ4n) is 2.83. The van der Waals surface area contributed by atoms with Gasteiger partial charge in [-0.25, -0.2) is 0 Å². The Balaban J connectivity index is 2.77. The monoisotopic (exact) mass is 350 g/mol. The summed E-state index contributed by atoms with van der Waals surface area (Å²) in [6.07, 6.45) is -0.646. The van der Waals surface area contributed by atoms with Gasteiger partial charge < -0.3 is 19.7 Å². The second-order valence-corrected chi connectivity index (χ2v) is 5.79. The molecule has 0 spiro atoms. The zero-order valence-electron chi connectivity index (χ0n) is 13.9. The lowest BCUT2D eigenvalue weighted by Crippen LogP contribution is -2.10. The van der Waals surface area contributed by atoms with E-state index in [1.165, 1.54) is 20.3 Å². The van der Waals surface area contributed by atoms with Crippen LogP contribution in [0.15, 0.2) is 18.2 Å². The Morgan fingerprint density at radius 2 is 1.83 bits per heavy atom. The van der Waals surface area contributed by atoms with Crippen LogP contribution in [-0.2, 0) is 0 Å². The van der Waals surface area contributed by atoms with Crippen LogP contribution in [0, 0.1) is 13.8 Å². The van der Waals surface area contributed by atoms with Crippen molar-refractivity contribution in [2.24, 2.45) is 0 Å². The molecule has 0 saturated carbocycles. The maximum Gasteiger partial charge on any atom is 0.171 e. The van der Waals surface area contributed by atoms with E-state index in [-0.39, 0.29) is 22.6 Å². The average Bonchev–Trinajstić information content (AvgIpc) is 2.56. The van der Waals surface area contributed by atoms with Crippen molar-refractivity contribution >= 4 is 17.9 Å². The van der Waals surface area contributed by atoms with Crippen LogP contribution in [0.1, 0.15) is 38.7 Å². The number of hydrogen-bond acceptors (Lipinski definition) is 5. The molecule has 0 aliphatic carbocycles. The predicted molar refractivity (Wildman–Crippen MR) is 91.6 cm³/mol. The summed E-state index contributed by atoms with van der Waals surface area (Å²) < 4.78 is 10.5. The van der Waals surface area contributed by atoms with Gasteiger partial charge in [0.2, 0.25) is 0 Å². The maximum absolute atomic E-state index is 11.7. The molecule has 2 rings (SSSR count). The van der Waals surface area contributed by atoms with Gasteiger partial charge in [0.1, 0.15) is 11.9 Å². The fourth-order valence-corrected chi connectivity index (χ4v) is 2.99. The first-order chi connectivity index (χ1) is 11.4. The molecule has 128 valence electrons. The van der Waals surface area contributed by atoms with Crippen LogP contribution in [0.3, 0.4) is 0 Å². The van der Waals surface area contributed by atoms with Gasteiger partial charge in [0.15, 0.2) is 17.8 Å². The Morgan fingerprint density at radius 3 is 2.38 bits per heavy atom. The van der Waals surface area contributed by atoms with Crippen LogP contribution < -0.4 is 9.47 Å². The van der Waals surface area contributed by atoms with Gasteiger partial charge in [0, 0.05) is 16.1 Å². The molecule has 2 aromatic carbocycles. The summed E-state index contributed by atoms with van der Waals surface area (Å²) in [5, 5.41) is 21.5. The molecule has 24 heavy (non-hydrogen) atoms. The quantitative estimate of drug-likeness (QED) is 0.806. The maximum atomic E-state index is 11.7. The Bertz CT molecular complexity index is 786. The Morgan fingerprint density at radius 1 is 1.17 bits per heavy atom. The molecule has 6 heteroatoms. The number of phenols is 1. The molecule has 0 aliphatic rings. The van der Waals surface area contributed by atoms with E-state index >= 15 is 0 Å². The van der Waals surface area contributed by atoms with Gasteiger partial charge in [-0.3, -0.25) is 4.79 Å². The number of benzene rings is 2. The first kappa shape index (κ1) is 18.1. The van der Waals surface area contributed by atoms with Crippen LogP contribution in [-0.4, -0.2) is 30.7 Å². The third kappa shape index (κ3) is 2.92. The van der Waals surface area contributed by atoms with Gasteiger partial charge in [0.05, 0.1) is 19.8 Å². The first-order valence-corrected chi connectivity index (χ1v) is 7.61. The minimum atomic E-state index is -1.25. The van der Waals surface area contributed by atoms with E-state index in [1.54, 1.807) is 26.0 Å². The predicted octanol–water partition coefficient (Wildman–Crippen LogP) is 3.57. The summed E-state index contributed by atoms with van der Waals surface area (Å²) in [7, 11) is 2.88. The second-order valence-electron chi connectivity index (χ2n) is 5.38. The molecular weight excluding hydrogens is 332 g/mol. The van der Waals surface area contributed by atoms with Gasteiger partial charge in [-0.1, -0.05) is 11.6 Å². The van der Waals surface area contributed by atoms with Crippen molar-refractivity contribution in [3.63, 3.8) is 0 Å². The van der Waals surface area contributed by atoms with E-state index in [2.05, 4.69) is 0 Å². The molecule has 0 amide bonds. The first-order valence-electron chi connectivity index (χ1n) is 7.24. The molecule has 0 heterocycles. The van der Waals surface area contributed by atoms with Crippen molar-refractivity contribution in [3.05, 3.63) is 51.0 Å². The molecule has 0 fully saturated rings. The standard InChI is InChI=1S/C18H19ClO5/c1-9-7-14(23-3)18(24-4)11(8-20)15(9)17(22)16-10(2)12(19)5-6-13(16)21/h5-8,17,21-22H,1-4H3. The Hall–Kier alpha value is -2.24. The summed E-state index contributed by atoms with van der Waals surface area (Å²) in [5.41, 5.74) is 1.92. The number of phenolic OH excluding ortho intramolecular Hbond substituents is 1. The highest BCUT2D eigenvalue weighted by Crippen LogP contribution is 2.42. The molecule has 0 aliphatic heterocycles. The largest absolute Gasteiger partial charge is 0.508 e. The normalized spacial score (nSPS) is 11.9. The molecule has 0 aromatic heterocycles. The summed E-state index contributed by atoms with van der Waals surface area (Å²) in [4.78, 5) is 11.7. The van der Waals surface area contributed by atoms with Crippen LogP contribution in [0.25, 0.3) is 0 Å². The van der Waals surface area contributed by atoms with E-state index in [1.807, 2.05) is 0 Å². The summed E-state index contributed by atoms with van der Waals surface area (Å²) in [6.45, 7) is 3.43. The van der Waals surface area contributed by atoms with Gasteiger partial charge in [-0.05, 0) is 43.2 Å². The summed E-state index contributed by atoms with van der Waals surface area (Å²) in [5.74, 6) is 0.516. The molecule has 2 N–H and O–H groups in total. The Labute approximate surface area is 145 Å². The molecule has 0 radical (unpaired) electrons. The SMILES string of the molecule is COc1cc(C)c(C(O)c2c(O)ccc(Cl)c2C)c(C=O)c1OC. The number of aldehydes is 1. The smallest absolute Gasteiger partial charge is 0.171 e. The zero-order chi connectivity index (χ0) is 18.0. The highest BCUT2D eigenvalue weighted by Gasteiger charge is 2.27. The van der Waals surface area contributed by atoms with E-state index in [9.17, 15) is 15.0 Å². The number of aliphatic hydroxyl groups excluding tert-OH is 1.